The summed E-state index contributed by atoms with van der Waals surface area (Å²) >= 11 is 1.70. The number of anilines is 1. The van der Waals surface area contributed by atoms with Crippen molar-refractivity contribution < 1.29 is 4.52 Å². The van der Waals surface area contributed by atoms with Gasteiger partial charge in [-0.15, -0.1) is 11.3 Å². The van der Waals surface area contributed by atoms with Crippen molar-refractivity contribution in [2.24, 2.45) is 17.8 Å². The van der Waals surface area contributed by atoms with Crippen LogP contribution in [0.4, 0.5) is 5.88 Å². The van der Waals surface area contributed by atoms with Gasteiger partial charge in [0.2, 0.25) is 5.88 Å². The van der Waals surface area contributed by atoms with Gasteiger partial charge in [0.1, 0.15) is 0 Å². The molecule has 0 radical (unpaired) electrons. The Labute approximate surface area is 116 Å². The second kappa shape index (κ2) is 4.37. The lowest BCUT2D eigenvalue weighted by molar-refractivity contribution is 0.322. The minimum absolute atomic E-state index is 0.473. The summed E-state index contributed by atoms with van der Waals surface area (Å²) in [6, 6.07) is 4.14. The van der Waals surface area contributed by atoms with Gasteiger partial charge in [-0.05, 0) is 54.9 Å². The Bertz CT molecular complexity index is 575. The lowest BCUT2D eigenvalue weighted by Crippen LogP contribution is -2.13. The number of aromatic nitrogens is 1. The number of fused-ring (bicyclic) bond motifs is 2. The molecule has 0 aromatic carbocycles. The molecule has 2 aromatic heterocycles. The molecule has 0 aliphatic heterocycles. The first-order valence-corrected chi connectivity index (χ1v) is 7.97. The Morgan fingerprint density at radius 2 is 2.32 bits per heavy atom. The molecular formula is C15H18N2OS. The summed E-state index contributed by atoms with van der Waals surface area (Å²) < 4.78 is 5.24. The van der Waals surface area contributed by atoms with E-state index in [1.165, 1.54) is 30.6 Å². The fourth-order valence-electron chi connectivity index (χ4n) is 4.04. The Balaban J connectivity index is 1.62. The summed E-state index contributed by atoms with van der Waals surface area (Å²) in [5.74, 6) is 3.16. The molecule has 4 heteroatoms. The van der Waals surface area contributed by atoms with Gasteiger partial charge < -0.3 is 10.3 Å². The standard InChI is InChI=1S/C15H18N2OS/c16-15-14(13-2-1-5-19-13)12(17-18-15)8-11-7-9-3-4-10(11)6-9/h1-2,5,9-11H,3-4,6-8,16H2. The third-order valence-electron chi connectivity index (χ3n) is 4.90. The predicted molar refractivity (Wildman–Crippen MR) is 76.9 cm³/mol. The SMILES string of the molecule is Nc1onc(CC2CC3CCC2C3)c1-c1cccs1. The molecule has 0 amide bonds. The third-order valence-corrected chi connectivity index (χ3v) is 5.78. The second-order valence-electron chi connectivity index (χ2n) is 5.98. The molecule has 2 aromatic rings. The first-order valence-electron chi connectivity index (χ1n) is 7.09. The minimum atomic E-state index is 0.473. The van der Waals surface area contributed by atoms with Crippen LogP contribution in [0.3, 0.4) is 0 Å². The van der Waals surface area contributed by atoms with E-state index in [2.05, 4.69) is 16.6 Å². The second-order valence-corrected chi connectivity index (χ2v) is 6.93. The molecule has 2 N–H and O–H groups in total. The van der Waals surface area contributed by atoms with Crippen LogP contribution in [0.2, 0.25) is 0 Å². The average molecular weight is 274 g/mol. The van der Waals surface area contributed by atoms with Gasteiger partial charge in [0.15, 0.2) is 0 Å². The summed E-state index contributed by atoms with van der Waals surface area (Å²) in [5.41, 5.74) is 8.07. The van der Waals surface area contributed by atoms with Gasteiger partial charge in [0.25, 0.3) is 0 Å². The molecule has 2 heterocycles. The zero-order valence-corrected chi connectivity index (χ0v) is 11.7. The highest BCUT2D eigenvalue weighted by Gasteiger charge is 2.40. The van der Waals surface area contributed by atoms with E-state index < -0.39 is 0 Å². The lowest BCUT2D eigenvalue weighted by Gasteiger charge is -2.20. The quantitative estimate of drug-likeness (QED) is 0.921. The highest BCUT2D eigenvalue weighted by molar-refractivity contribution is 7.13. The fourth-order valence-corrected chi connectivity index (χ4v) is 4.83. The van der Waals surface area contributed by atoms with Gasteiger partial charge >= 0.3 is 0 Å². The summed E-state index contributed by atoms with van der Waals surface area (Å²) in [7, 11) is 0. The topological polar surface area (TPSA) is 52.0 Å². The molecule has 2 aliphatic carbocycles. The molecule has 4 rings (SSSR count). The largest absolute Gasteiger partial charge is 0.367 e. The van der Waals surface area contributed by atoms with Crippen LogP contribution in [0.25, 0.3) is 10.4 Å². The van der Waals surface area contributed by atoms with Crippen LogP contribution < -0.4 is 5.73 Å². The van der Waals surface area contributed by atoms with E-state index in [1.54, 1.807) is 11.3 Å². The number of thiophene rings is 1. The highest BCUT2D eigenvalue weighted by atomic mass is 32.1. The fraction of sp³-hybridized carbons (Fsp3) is 0.533. The number of nitrogens with zero attached hydrogens (tertiary/aromatic N) is 1. The molecule has 19 heavy (non-hydrogen) atoms. The molecule has 0 spiro atoms. The smallest absolute Gasteiger partial charge is 0.231 e. The maximum absolute atomic E-state index is 5.96. The van der Waals surface area contributed by atoms with E-state index in [0.29, 0.717) is 5.88 Å². The van der Waals surface area contributed by atoms with Gasteiger partial charge in [-0.2, -0.15) is 0 Å². The molecule has 3 nitrogen and oxygen atoms in total. The van der Waals surface area contributed by atoms with Crippen LogP contribution in [0.5, 0.6) is 0 Å². The van der Waals surface area contributed by atoms with Crippen molar-refractivity contribution in [1.82, 2.24) is 5.16 Å². The van der Waals surface area contributed by atoms with E-state index >= 15 is 0 Å². The third kappa shape index (κ3) is 1.89. The van der Waals surface area contributed by atoms with Crippen LogP contribution in [0.15, 0.2) is 22.0 Å². The predicted octanol–water partition coefficient (Wildman–Crippen LogP) is 3.96. The minimum Gasteiger partial charge on any atom is -0.367 e. The maximum atomic E-state index is 5.96. The maximum Gasteiger partial charge on any atom is 0.231 e. The molecule has 100 valence electrons. The van der Waals surface area contributed by atoms with Crippen molar-refractivity contribution in [3.05, 3.63) is 23.2 Å². The van der Waals surface area contributed by atoms with Gasteiger partial charge in [-0.3, -0.25) is 0 Å². The molecule has 3 unspecified atom stereocenters. The van der Waals surface area contributed by atoms with Crippen molar-refractivity contribution in [3.8, 4) is 10.4 Å². The normalized spacial score (nSPS) is 29.2. The van der Waals surface area contributed by atoms with Crippen LogP contribution in [0, 0.1) is 17.8 Å². The van der Waals surface area contributed by atoms with E-state index in [-0.39, 0.29) is 0 Å². The zero-order chi connectivity index (χ0) is 12.8. The van der Waals surface area contributed by atoms with E-state index in [1.807, 2.05) is 6.07 Å². The first-order chi connectivity index (χ1) is 9.31. The molecule has 3 atom stereocenters. The number of hydrogen-bond donors (Lipinski definition) is 1. The Morgan fingerprint density at radius 3 is 3.00 bits per heavy atom. The van der Waals surface area contributed by atoms with Crippen molar-refractivity contribution in [2.45, 2.75) is 32.1 Å². The van der Waals surface area contributed by atoms with Crippen LogP contribution in [0.1, 0.15) is 31.4 Å². The van der Waals surface area contributed by atoms with Crippen molar-refractivity contribution in [3.63, 3.8) is 0 Å². The summed E-state index contributed by atoms with van der Waals surface area (Å²) in [4.78, 5) is 1.18. The first kappa shape index (κ1) is 11.5. The van der Waals surface area contributed by atoms with Crippen molar-refractivity contribution in [2.75, 3.05) is 5.73 Å². The number of rotatable bonds is 3. The van der Waals surface area contributed by atoms with Gasteiger partial charge in [-0.1, -0.05) is 17.6 Å². The van der Waals surface area contributed by atoms with E-state index in [9.17, 15) is 0 Å². The Kier molecular flexibility index (Phi) is 2.65. The molecular weight excluding hydrogens is 256 g/mol. The molecule has 0 saturated heterocycles. The van der Waals surface area contributed by atoms with Gasteiger partial charge in [0, 0.05) is 4.88 Å². The summed E-state index contributed by atoms with van der Waals surface area (Å²) in [6.07, 6.45) is 6.71. The number of hydrogen-bond acceptors (Lipinski definition) is 4. The van der Waals surface area contributed by atoms with E-state index in [4.69, 9.17) is 10.3 Å². The van der Waals surface area contributed by atoms with E-state index in [0.717, 1.165) is 35.4 Å². The summed E-state index contributed by atoms with van der Waals surface area (Å²) in [6.45, 7) is 0. The Hall–Kier alpha value is -1.29. The monoisotopic (exact) mass is 274 g/mol. The zero-order valence-electron chi connectivity index (χ0n) is 10.8. The molecule has 2 bridgehead atoms. The number of nitrogens with two attached hydrogens (primary N) is 1. The van der Waals surface area contributed by atoms with Crippen molar-refractivity contribution in [1.29, 1.82) is 0 Å². The van der Waals surface area contributed by atoms with Gasteiger partial charge in [0.05, 0.1) is 11.3 Å². The lowest BCUT2D eigenvalue weighted by atomic mass is 9.85. The van der Waals surface area contributed by atoms with Crippen LogP contribution in [-0.4, -0.2) is 5.16 Å². The average Bonchev–Trinajstić information content (AvgIpc) is 3.13. The molecule has 2 fully saturated rings. The number of nitrogen functional groups attached to an aromatic ring is 1. The Morgan fingerprint density at radius 1 is 1.37 bits per heavy atom. The van der Waals surface area contributed by atoms with Crippen LogP contribution >= 0.6 is 11.3 Å². The summed E-state index contributed by atoms with van der Waals surface area (Å²) in [5, 5.41) is 6.30. The molecule has 2 aliphatic rings. The van der Waals surface area contributed by atoms with Crippen LogP contribution in [-0.2, 0) is 6.42 Å². The van der Waals surface area contributed by atoms with Gasteiger partial charge in [-0.25, -0.2) is 0 Å². The molecule has 2 saturated carbocycles. The highest BCUT2D eigenvalue weighted by Crippen LogP contribution is 2.50. The van der Waals surface area contributed by atoms with Crippen molar-refractivity contribution >= 4 is 17.2 Å².